The van der Waals surface area contributed by atoms with Crippen LogP contribution in [0.2, 0.25) is 0 Å². The number of ether oxygens (including phenoxy) is 2. The molecule has 0 N–H and O–H groups in total. The van der Waals surface area contributed by atoms with Gasteiger partial charge in [0.05, 0.1) is 35.8 Å². The largest absolute Gasteiger partial charge is 0.375 e. The summed E-state index contributed by atoms with van der Waals surface area (Å²) in [4.78, 5) is 9.63. The van der Waals surface area contributed by atoms with Crippen LogP contribution < -0.4 is 0 Å². The third-order valence-corrected chi connectivity index (χ3v) is 8.04. The van der Waals surface area contributed by atoms with E-state index in [1.54, 1.807) is 14.2 Å². The zero-order chi connectivity index (χ0) is 27.3. The van der Waals surface area contributed by atoms with Crippen molar-refractivity contribution in [2.24, 2.45) is 0 Å². The Morgan fingerprint density at radius 2 is 1.46 bits per heavy atom. The molecule has 0 amide bonds. The number of hydrogen-bond acceptors (Lipinski definition) is 6. The molecule has 7 heteroatoms. The maximum Gasteiger partial charge on any atom is 0.0965 e. The molecule has 4 heterocycles. The minimum Gasteiger partial charge on any atom is -0.375 e. The molecule has 7 nitrogen and oxygen atoms in total. The summed E-state index contributed by atoms with van der Waals surface area (Å²) in [6, 6.07) is 2.87. The van der Waals surface area contributed by atoms with Crippen LogP contribution in [0.1, 0.15) is 118 Å². The predicted octanol–water partition coefficient (Wildman–Crippen LogP) is 5.88. The van der Waals surface area contributed by atoms with Crippen molar-refractivity contribution in [2.75, 3.05) is 47.9 Å². The Morgan fingerprint density at radius 1 is 0.838 bits per heavy atom. The number of pyridine rings is 1. The molecule has 2 unspecified atom stereocenters. The molecular weight excluding hydrogens is 462 g/mol. The summed E-state index contributed by atoms with van der Waals surface area (Å²) < 4.78 is 13.3. The Labute approximate surface area is 225 Å². The molecule has 2 aliphatic rings. The highest BCUT2D eigenvalue weighted by Crippen LogP contribution is 2.32. The maximum absolute atomic E-state index is 5.57. The second-order valence-corrected chi connectivity index (χ2v) is 11.6. The van der Waals surface area contributed by atoms with Crippen LogP contribution in [0.25, 0.3) is 0 Å². The van der Waals surface area contributed by atoms with Crippen molar-refractivity contribution in [1.29, 1.82) is 0 Å². The van der Waals surface area contributed by atoms with Crippen LogP contribution in [-0.4, -0.2) is 72.5 Å². The summed E-state index contributed by atoms with van der Waals surface area (Å²) in [5, 5.41) is 4.67. The fourth-order valence-corrected chi connectivity index (χ4v) is 5.44. The van der Waals surface area contributed by atoms with E-state index in [0.717, 1.165) is 38.3 Å². The molecule has 1 saturated heterocycles. The van der Waals surface area contributed by atoms with Crippen molar-refractivity contribution in [1.82, 2.24) is 24.6 Å². The monoisotopic (exact) mass is 513 g/mol. The quantitative estimate of drug-likeness (QED) is 0.461. The topological polar surface area (TPSA) is 55.6 Å². The van der Waals surface area contributed by atoms with Gasteiger partial charge in [-0.05, 0) is 82.4 Å². The average molecular weight is 514 g/mol. The molecule has 4 rings (SSSR count). The fraction of sp³-hybridized carbons (Fsp3) is 0.733. The number of hydrogen-bond donors (Lipinski definition) is 0. The molecule has 0 radical (unpaired) electrons. The number of likely N-dealkylation sites (tertiary alicyclic amines) is 1. The van der Waals surface area contributed by atoms with Gasteiger partial charge in [0.25, 0.3) is 0 Å². The summed E-state index contributed by atoms with van der Waals surface area (Å²) in [6.07, 6.45) is 5.63. The minimum atomic E-state index is 0.0763. The molecule has 0 aliphatic carbocycles. The molecule has 2 atom stereocenters. The van der Waals surface area contributed by atoms with Gasteiger partial charge in [0.1, 0.15) is 0 Å². The van der Waals surface area contributed by atoms with Crippen molar-refractivity contribution in [3.8, 4) is 0 Å². The van der Waals surface area contributed by atoms with E-state index in [1.807, 2.05) is 6.20 Å². The van der Waals surface area contributed by atoms with Crippen molar-refractivity contribution in [3.05, 3.63) is 46.0 Å². The highest BCUT2D eigenvalue weighted by Gasteiger charge is 2.26. The lowest BCUT2D eigenvalue weighted by atomic mass is 9.94. The van der Waals surface area contributed by atoms with Gasteiger partial charge in [-0.1, -0.05) is 33.8 Å². The Balaban J connectivity index is 0.000000206. The smallest absolute Gasteiger partial charge is 0.0965 e. The third-order valence-electron chi connectivity index (χ3n) is 8.04. The minimum absolute atomic E-state index is 0.0763. The molecule has 0 spiro atoms. The van der Waals surface area contributed by atoms with Crippen LogP contribution in [0.3, 0.4) is 0 Å². The first-order valence-electron chi connectivity index (χ1n) is 14.1. The van der Waals surface area contributed by atoms with E-state index < -0.39 is 0 Å². The van der Waals surface area contributed by atoms with Crippen LogP contribution in [0.5, 0.6) is 0 Å². The molecule has 0 aromatic carbocycles. The van der Waals surface area contributed by atoms with E-state index in [0.29, 0.717) is 17.9 Å². The number of likely N-dealkylation sites (N-methyl/N-ethyl adjacent to an activating group) is 1. The lowest BCUT2D eigenvalue weighted by molar-refractivity contribution is 0.104. The van der Waals surface area contributed by atoms with Gasteiger partial charge in [-0.15, -0.1) is 0 Å². The normalized spacial score (nSPS) is 19.0. The maximum atomic E-state index is 5.57. The predicted molar refractivity (Wildman–Crippen MR) is 151 cm³/mol. The molecule has 0 bridgehead atoms. The SMILES string of the molecule is COC(C)c1c(C(C)C)cnn1C1CCN(C)CC1.COC(C)c1nc2c(cc1C(C)C)CN(C)CC2. The summed E-state index contributed by atoms with van der Waals surface area (Å²) in [7, 11) is 7.89. The van der Waals surface area contributed by atoms with Gasteiger partial charge in [-0.3, -0.25) is 9.67 Å². The highest BCUT2D eigenvalue weighted by molar-refractivity contribution is 5.35. The Kier molecular flexibility index (Phi) is 10.7. The van der Waals surface area contributed by atoms with Gasteiger partial charge in [-0.2, -0.15) is 5.10 Å². The van der Waals surface area contributed by atoms with E-state index in [9.17, 15) is 0 Å². The molecule has 1 fully saturated rings. The number of piperidine rings is 1. The van der Waals surface area contributed by atoms with E-state index in [-0.39, 0.29) is 12.2 Å². The van der Waals surface area contributed by atoms with Gasteiger partial charge in [0.2, 0.25) is 0 Å². The van der Waals surface area contributed by atoms with Crippen molar-refractivity contribution in [2.45, 2.75) is 97.4 Å². The molecule has 37 heavy (non-hydrogen) atoms. The molecular formula is C30H51N5O2. The Bertz CT molecular complexity index is 994. The first-order valence-corrected chi connectivity index (χ1v) is 14.1. The summed E-state index contributed by atoms with van der Waals surface area (Å²) in [5.41, 5.74) is 7.70. The lowest BCUT2D eigenvalue weighted by Crippen LogP contribution is -2.32. The van der Waals surface area contributed by atoms with Crippen LogP contribution in [0, 0.1) is 0 Å². The lowest BCUT2D eigenvalue weighted by Gasteiger charge is -2.31. The van der Waals surface area contributed by atoms with Gasteiger partial charge >= 0.3 is 0 Å². The highest BCUT2D eigenvalue weighted by atomic mass is 16.5. The van der Waals surface area contributed by atoms with Gasteiger partial charge in [-0.25, -0.2) is 0 Å². The Morgan fingerprint density at radius 3 is 2.03 bits per heavy atom. The second-order valence-electron chi connectivity index (χ2n) is 11.6. The zero-order valence-corrected chi connectivity index (χ0v) is 25.0. The van der Waals surface area contributed by atoms with Crippen LogP contribution >= 0.6 is 0 Å². The number of aromatic nitrogens is 3. The number of fused-ring (bicyclic) bond motifs is 1. The number of methoxy groups -OCH3 is 2. The average Bonchev–Trinajstić information content (AvgIpc) is 3.33. The standard InChI is InChI=1S/C15H27N3O.C15H24N2O/c1-11(2)14-10-16-18(15(14)12(3)19-5)13-6-8-17(4)9-7-13;1-10(2)13-8-12-9-17(4)7-6-14(12)16-15(13)11(3)18-5/h10-13H,6-9H2,1-5H3;8,10-11H,6-7,9H2,1-5H3. The number of nitrogens with zero attached hydrogens (tertiary/aromatic N) is 5. The fourth-order valence-electron chi connectivity index (χ4n) is 5.44. The van der Waals surface area contributed by atoms with E-state index in [2.05, 4.69) is 81.3 Å². The van der Waals surface area contributed by atoms with Crippen molar-refractivity contribution in [3.63, 3.8) is 0 Å². The molecule has 0 saturated carbocycles. The van der Waals surface area contributed by atoms with Gasteiger partial charge in [0, 0.05) is 39.4 Å². The molecule has 208 valence electrons. The van der Waals surface area contributed by atoms with Crippen LogP contribution in [-0.2, 0) is 22.4 Å². The van der Waals surface area contributed by atoms with Crippen molar-refractivity contribution >= 4 is 0 Å². The Hall–Kier alpha value is -1.80. The summed E-state index contributed by atoms with van der Waals surface area (Å²) in [6.45, 7) is 17.5. The van der Waals surface area contributed by atoms with E-state index in [1.165, 1.54) is 40.9 Å². The van der Waals surface area contributed by atoms with Crippen LogP contribution in [0.4, 0.5) is 0 Å². The number of rotatable bonds is 7. The first-order chi connectivity index (χ1) is 17.6. The third kappa shape index (κ3) is 7.20. The second kappa shape index (κ2) is 13.3. The van der Waals surface area contributed by atoms with Gasteiger partial charge in [0.15, 0.2) is 0 Å². The first kappa shape index (κ1) is 29.8. The summed E-state index contributed by atoms with van der Waals surface area (Å²) in [5.74, 6) is 0.982. The van der Waals surface area contributed by atoms with Gasteiger partial charge < -0.3 is 19.3 Å². The van der Waals surface area contributed by atoms with E-state index in [4.69, 9.17) is 14.5 Å². The summed E-state index contributed by atoms with van der Waals surface area (Å²) >= 11 is 0. The molecule has 2 aromatic heterocycles. The molecule has 2 aromatic rings. The zero-order valence-electron chi connectivity index (χ0n) is 25.0. The van der Waals surface area contributed by atoms with E-state index >= 15 is 0 Å². The van der Waals surface area contributed by atoms with Crippen LogP contribution in [0.15, 0.2) is 12.3 Å². The molecule has 2 aliphatic heterocycles. The van der Waals surface area contributed by atoms with Crippen molar-refractivity contribution < 1.29 is 9.47 Å².